The number of amides is 2. The van der Waals surface area contributed by atoms with E-state index in [-0.39, 0.29) is 6.73 Å². The highest BCUT2D eigenvalue weighted by atomic mass is 16.3. The summed E-state index contributed by atoms with van der Waals surface area (Å²) in [6.45, 7) is 4.09. The third kappa shape index (κ3) is 4.93. The van der Waals surface area contributed by atoms with Crippen molar-refractivity contribution in [1.29, 1.82) is 0 Å². The molecule has 7 nitrogen and oxygen atoms in total. The van der Waals surface area contributed by atoms with Gasteiger partial charge in [0.15, 0.2) is 0 Å². The molecule has 15 heavy (non-hydrogen) atoms. The van der Waals surface area contributed by atoms with Crippen LogP contribution in [0.15, 0.2) is 0 Å². The van der Waals surface area contributed by atoms with E-state index in [0.717, 1.165) is 4.90 Å². The molecule has 2 amide bonds. The molecular weight excluding hydrogens is 202 g/mol. The SMILES string of the molecule is CC(O)NC(=O)N(C(C)O)C(C)NCO. The fourth-order valence-electron chi connectivity index (χ4n) is 1.15. The number of carbonyl (C=O) groups is 1. The van der Waals surface area contributed by atoms with Gasteiger partial charge in [-0.15, -0.1) is 0 Å². The van der Waals surface area contributed by atoms with E-state index in [1.165, 1.54) is 13.8 Å². The molecule has 0 saturated carbocycles. The number of rotatable bonds is 5. The van der Waals surface area contributed by atoms with E-state index < -0.39 is 24.7 Å². The van der Waals surface area contributed by atoms with Gasteiger partial charge in [0, 0.05) is 0 Å². The molecule has 0 rings (SSSR count). The minimum Gasteiger partial charge on any atom is -0.381 e. The molecule has 0 aromatic heterocycles. The van der Waals surface area contributed by atoms with Gasteiger partial charge < -0.3 is 20.6 Å². The van der Waals surface area contributed by atoms with Gasteiger partial charge in [-0.1, -0.05) is 0 Å². The molecule has 0 aliphatic heterocycles. The highest BCUT2D eigenvalue weighted by Gasteiger charge is 2.24. The van der Waals surface area contributed by atoms with Crippen molar-refractivity contribution >= 4 is 6.03 Å². The summed E-state index contributed by atoms with van der Waals surface area (Å²) in [6, 6.07) is -0.617. The number of carbonyl (C=O) groups excluding carboxylic acids is 1. The molecule has 0 aliphatic carbocycles. The Morgan fingerprint density at radius 2 is 1.87 bits per heavy atom. The first-order valence-electron chi connectivity index (χ1n) is 4.69. The van der Waals surface area contributed by atoms with E-state index in [9.17, 15) is 9.90 Å². The minimum absolute atomic E-state index is 0.313. The maximum absolute atomic E-state index is 11.5. The van der Waals surface area contributed by atoms with Crippen molar-refractivity contribution < 1.29 is 20.1 Å². The smallest absolute Gasteiger partial charge is 0.322 e. The molecule has 0 heterocycles. The van der Waals surface area contributed by atoms with E-state index in [1.807, 2.05) is 0 Å². The van der Waals surface area contributed by atoms with Gasteiger partial charge in [0.25, 0.3) is 0 Å². The van der Waals surface area contributed by atoms with Crippen LogP contribution < -0.4 is 10.6 Å². The Balaban J connectivity index is 4.44. The average Bonchev–Trinajstić information content (AvgIpc) is 2.01. The summed E-state index contributed by atoms with van der Waals surface area (Å²) in [7, 11) is 0. The Kier molecular flexibility index (Phi) is 6.18. The molecule has 3 unspecified atom stereocenters. The molecule has 3 atom stereocenters. The van der Waals surface area contributed by atoms with E-state index in [2.05, 4.69) is 10.6 Å². The van der Waals surface area contributed by atoms with Crippen molar-refractivity contribution in [3.63, 3.8) is 0 Å². The van der Waals surface area contributed by atoms with Crippen molar-refractivity contribution in [2.45, 2.75) is 39.4 Å². The maximum Gasteiger partial charge on any atom is 0.322 e. The lowest BCUT2D eigenvalue weighted by Crippen LogP contribution is -2.56. The first-order chi connectivity index (χ1) is 6.90. The van der Waals surface area contributed by atoms with Gasteiger partial charge in [0.05, 0.1) is 12.9 Å². The Morgan fingerprint density at radius 3 is 2.20 bits per heavy atom. The largest absolute Gasteiger partial charge is 0.381 e. The zero-order chi connectivity index (χ0) is 12.0. The first-order valence-corrected chi connectivity index (χ1v) is 4.69. The highest BCUT2D eigenvalue weighted by molar-refractivity contribution is 5.74. The van der Waals surface area contributed by atoms with Crippen LogP contribution in [0.4, 0.5) is 4.79 Å². The van der Waals surface area contributed by atoms with Gasteiger partial charge in [-0.25, -0.2) is 4.79 Å². The van der Waals surface area contributed by atoms with Gasteiger partial charge in [0.1, 0.15) is 12.5 Å². The quantitative estimate of drug-likeness (QED) is 0.366. The maximum atomic E-state index is 11.5. The average molecular weight is 221 g/mol. The molecule has 0 aromatic carbocycles. The Bertz CT molecular complexity index is 198. The zero-order valence-corrected chi connectivity index (χ0v) is 9.14. The lowest BCUT2D eigenvalue weighted by Gasteiger charge is -2.32. The Labute approximate surface area is 88.7 Å². The van der Waals surface area contributed by atoms with Crippen molar-refractivity contribution in [3.8, 4) is 0 Å². The molecule has 0 radical (unpaired) electrons. The van der Waals surface area contributed by atoms with Gasteiger partial charge in [-0.05, 0) is 20.8 Å². The molecule has 0 aromatic rings. The summed E-state index contributed by atoms with van der Waals surface area (Å²) in [5.74, 6) is 0. The number of urea groups is 1. The first kappa shape index (κ1) is 14.1. The van der Waals surface area contributed by atoms with Crippen molar-refractivity contribution in [3.05, 3.63) is 0 Å². The molecule has 0 bridgehead atoms. The standard InChI is InChI=1S/C8H19N3O4/c1-5(9-4-12)11(7(3)14)8(15)10-6(2)13/h5-7,9,12-14H,4H2,1-3H3,(H,10,15). The monoisotopic (exact) mass is 221 g/mol. The highest BCUT2D eigenvalue weighted by Crippen LogP contribution is 2.02. The Morgan fingerprint density at radius 1 is 1.33 bits per heavy atom. The van der Waals surface area contributed by atoms with E-state index >= 15 is 0 Å². The van der Waals surface area contributed by atoms with Gasteiger partial charge >= 0.3 is 6.03 Å². The van der Waals surface area contributed by atoms with Crippen LogP contribution in [-0.2, 0) is 0 Å². The predicted octanol–water partition coefficient (Wildman–Crippen LogP) is -1.44. The predicted molar refractivity (Wildman–Crippen MR) is 53.4 cm³/mol. The second-order valence-corrected chi connectivity index (χ2v) is 3.20. The topological polar surface area (TPSA) is 105 Å². The van der Waals surface area contributed by atoms with E-state index in [0.29, 0.717) is 0 Å². The lowest BCUT2D eigenvalue weighted by molar-refractivity contribution is 0.00353. The number of nitrogens with one attached hydrogen (secondary N) is 2. The van der Waals surface area contributed by atoms with Gasteiger partial charge in [-0.3, -0.25) is 10.2 Å². The number of hydrogen-bond donors (Lipinski definition) is 5. The van der Waals surface area contributed by atoms with Crippen LogP contribution in [0.5, 0.6) is 0 Å². The molecule has 0 spiro atoms. The second-order valence-electron chi connectivity index (χ2n) is 3.20. The van der Waals surface area contributed by atoms with Crippen LogP contribution in [-0.4, -0.2) is 51.6 Å². The van der Waals surface area contributed by atoms with Crippen LogP contribution in [0.2, 0.25) is 0 Å². The van der Waals surface area contributed by atoms with Crippen LogP contribution in [0.3, 0.4) is 0 Å². The van der Waals surface area contributed by atoms with E-state index in [1.54, 1.807) is 6.92 Å². The summed E-state index contributed by atoms with van der Waals surface area (Å²) >= 11 is 0. The third-order valence-electron chi connectivity index (χ3n) is 1.77. The van der Waals surface area contributed by atoms with Gasteiger partial charge in [-0.2, -0.15) is 0 Å². The van der Waals surface area contributed by atoms with Crippen molar-refractivity contribution in [2.75, 3.05) is 6.73 Å². The Hall–Kier alpha value is -0.890. The summed E-state index contributed by atoms with van der Waals surface area (Å²) < 4.78 is 0. The number of aliphatic hydroxyl groups excluding tert-OH is 3. The number of hydrogen-bond acceptors (Lipinski definition) is 5. The van der Waals surface area contributed by atoms with Crippen LogP contribution in [0.1, 0.15) is 20.8 Å². The van der Waals surface area contributed by atoms with Crippen molar-refractivity contribution in [1.82, 2.24) is 15.5 Å². The van der Waals surface area contributed by atoms with Crippen LogP contribution >= 0.6 is 0 Å². The normalized spacial score (nSPS) is 16.7. The lowest BCUT2D eigenvalue weighted by atomic mass is 10.4. The molecular formula is C8H19N3O4. The zero-order valence-electron chi connectivity index (χ0n) is 9.14. The molecule has 0 fully saturated rings. The fraction of sp³-hybridized carbons (Fsp3) is 0.875. The number of nitrogens with zero attached hydrogens (tertiary/aromatic N) is 1. The third-order valence-corrected chi connectivity index (χ3v) is 1.77. The molecule has 90 valence electrons. The number of aliphatic hydroxyl groups is 3. The summed E-state index contributed by atoms with van der Waals surface area (Å²) in [6.07, 6.45) is -2.58. The molecule has 7 heteroatoms. The minimum atomic E-state index is -1.03. The van der Waals surface area contributed by atoms with Gasteiger partial charge in [0.2, 0.25) is 0 Å². The van der Waals surface area contributed by atoms with Crippen molar-refractivity contribution in [2.24, 2.45) is 0 Å². The van der Waals surface area contributed by atoms with Crippen LogP contribution in [0.25, 0.3) is 0 Å². The summed E-state index contributed by atoms with van der Waals surface area (Å²) in [5.41, 5.74) is 0. The fourth-order valence-corrected chi connectivity index (χ4v) is 1.15. The molecule has 0 saturated heterocycles. The van der Waals surface area contributed by atoms with E-state index in [4.69, 9.17) is 10.2 Å². The summed E-state index contributed by atoms with van der Waals surface area (Å²) in [5, 5.41) is 31.7. The molecule has 5 N–H and O–H groups in total. The second kappa shape index (κ2) is 6.57. The van der Waals surface area contributed by atoms with Crippen LogP contribution in [0, 0.1) is 0 Å². The molecule has 0 aliphatic rings. The summed E-state index contributed by atoms with van der Waals surface area (Å²) in [4.78, 5) is 12.5.